The van der Waals surface area contributed by atoms with Gasteiger partial charge in [0.2, 0.25) is 0 Å². The van der Waals surface area contributed by atoms with Crippen LogP contribution in [0.15, 0.2) is 12.4 Å². The summed E-state index contributed by atoms with van der Waals surface area (Å²) in [5.74, 6) is 0.672. The van der Waals surface area contributed by atoms with Crippen LogP contribution in [0.5, 0.6) is 0 Å². The second-order valence-corrected chi connectivity index (χ2v) is 4.68. The van der Waals surface area contributed by atoms with E-state index in [1.165, 1.54) is 24.8 Å². The summed E-state index contributed by atoms with van der Waals surface area (Å²) in [5, 5.41) is 4.66. The van der Waals surface area contributed by atoms with Crippen molar-refractivity contribution in [3.05, 3.63) is 18.0 Å². The third-order valence-electron chi connectivity index (χ3n) is 3.07. The van der Waals surface area contributed by atoms with E-state index < -0.39 is 0 Å². The van der Waals surface area contributed by atoms with Crippen molar-refractivity contribution >= 4 is 11.6 Å². The summed E-state index contributed by atoms with van der Waals surface area (Å²) in [5.41, 5.74) is 1.34. The lowest BCUT2D eigenvalue weighted by Crippen LogP contribution is -2.09. The highest BCUT2D eigenvalue weighted by molar-refractivity contribution is 6.20. The number of rotatable bonds is 3. The SMILES string of the molecule is CCn1cc(CC2CCCC2Cl)cn1. The molecule has 1 saturated carbocycles. The quantitative estimate of drug-likeness (QED) is 0.705. The first-order valence-corrected chi connectivity index (χ1v) is 5.88. The molecule has 1 aromatic rings. The fraction of sp³-hybridized carbons (Fsp3) is 0.727. The molecule has 14 heavy (non-hydrogen) atoms. The van der Waals surface area contributed by atoms with Gasteiger partial charge >= 0.3 is 0 Å². The number of hydrogen-bond acceptors (Lipinski definition) is 1. The molecule has 0 bridgehead atoms. The van der Waals surface area contributed by atoms with E-state index in [1.54, 1.807) is 0 Å². The van der Waals surface area contributed by atoms with Crippen molar-refractivity contribution < 1.29 is 0 Å². The molecule has 1 aliphatic rings. The minimum absolute atomic E-state index is 0.389. The van der Waals surface area contributed by atoms with E-state index in [-0.39, 0.29) is 0 Å². The molecular weight excluding hydrogens is 196 g/mol. The number of aryl methyl sites for hydroxylation is 1. The van der Waals surface area contributed by atoms with Gasteiger partial charge in [-0.3, -0.25) is 4.68 Å². The molecule has 78 valence electrons. The van der Waals surface area contributed by atoms with Gasteiger partial charge in [-0.2, -0.15) is 5.10 Å². The fourth-order valence-electron chi connectivity index (χ4n) is 2.21. The zero-order chi connectivity index (χ0) is 9.97. The van der Waals surface area contributed by atoms with Crippen LogP contribution in [-0.4, -0.2) is 15.2 Å². The van der Waals surface area contributed by atoms with Crippen LogP contribution in [0.1, 0.15) is 31.7 Å². The van der Waals surface area contributed by atoms with Gasteiger partial charge in [-0.1, -0.05) is 6.42 Å². The number of aromatic nitrogens is 2. The third-order valence-corrected chi connectivity index (χ3v) is 3.65. The van der Waals surface area contributed by atoms with E-state index in [0.29, 0.717) is 11.3 Å². The van der Waals surface area contributed by atoms with E-state index in [1.807, 2.05) is 10.9 Å². The summed E-state index contributed by atoms with van der Waals surface area (Å²) in [6.07, 6.45) is 8.99. The van der Waals surface area contributed by atoms with Crippen molar-refractivity contribution in [1.82, 2.24) is 9.78 Å². The Bertz CT molecular complexity index is 295. The highest BCUT2D eigenvalue weighted by atomic mass is 35.5. The zero-order valence-corrected chi connectivity index (χ0v) is 9.37. The monoisotopic (exact) mass is 212 g/mol. The highest BCUT2D eigenvalue weighted by Crippen LogP contribution is 2.32. The van der Waals surface area contributed by atoms with Crippen LogP contribution >= 0.6 is 11.6 Å². The van der Waals surface area contributed by atoms with E-state index in [2.05, 4.69) is 18.2 Å². The van der Waals surface area contributed by atoms with Crippen LogP contribution < -0.4 is 0 Å². The molecule has 0 spiro atoms. The second kappa shape index (κ2) is 4.35. The predicted octanol–water partition coefficient (Wildman–Crippen LogP) is 2.85. The fourth-order valence-corrected chi connectivity index (χ4v) is 2.58. The Morgan fingerprint density at radius 3 is 3.00 bits per heavy atom. The summed E-state index contributed by atoms with van der Waals surface area (Å²) in [4.78, 5) is 0. The molecule has 1 heterocycles. The van der Waals surface area contributed by atoms with Gasteiger partial charge in [0.05, 0.1) is 6.20 Å². The molecule has 0 saturated heterocycles. The Hall–Kier alpha value is -0.500. The normalized spacial score (nSPS) is 27.0. The Morgan fingerprint density at radius 2 is 2.43 bits per heavy atom. The first kappa shape index (κ1) is 10.0. The van der Waals surface area contributed by atoms with Crippen molar-refractivity contribution in [2.45, 2.75) is 44.5 Å². The maximum atomic E-state index is 6.24. The third kappa shape index (κ3) is 2.11. The molecular formula is C11H17ClN2. The van der Waals surface area contributed by atoms with E-state index in [4.69, 9.17) is 11.6 Å². The first-order valence-electron chi connectivity index (χ1n) is 5.45. The zero-order valence-electron chi connectivity index (χ0n) is 8.62. The molecule has 2 atom stereocenters. The van der Waals surface area contributed by atoms with Crippen LogP contribution in [-0.2, 0) is 13.0 Å². The van der Waals surface area contributed by atoms with Crippen LogP contribution in [0, 0.1) is 5.92 Å². The maximum absolute atomic E-state index is 6.24. The summed E-state index contributed by atoms with van der Waals surface area (Å²) in [7, 11) is 0. The van der Waals surface area contributed by atoms with Crippen LogP contribution in [0.4, 0.5) is 0 Å². The Morgan fingerprint density at radius 1 is 1.57 bits per heavy atom. The first-order chi connectivity index (χ1) is 6.79. The van der Waals surface area contributed by atoms with Gasteiger partial charge in [-0.15, -0.1) is 11.6 Å². The smallest absolute Gasteiger partial charge is 0.0521 e. The van der Waals surface area contributed by atoms with Crippen LogP contribution in [0.2, 0.25) is 0 Å². The van der Waals surface area contributed by atoms with Gasteiger partial charge in [0.25, 0.3) is 0 Å². The molecule has 2 rings (SSSR count). The lowest BCUT2D eigenvalue weighted by atomic mass is 10.0. The predicted molar refractivity (Wildman–Crippen MR) is 58.6 cm³/mol. The molecule has 0 aliphatic heterocycles. The van der Waals surface area contributed by atoms with Gasteiger partial charge < -0.3 is 0 Å². The van der Waals surface area contributed by atoms with E-state index in [9.17, 15) is 0 Å². The second-order valence-electron chi connectivity index (χ2n) is 4.12. The molecule has 1 aliphatic carbocycles. The molecule has 0 radical (unpaired) electrons. The molecule has 2 unspecified atom stereocenters. The van der Waals surface area contributed by atoms with Crippen LogP contribution in [0.3, 0.4) is 0 Å². The minimum atomic E-state index is 0.389. The van der Waals surface area contributed by atoms with Crippen molar-refractivity contribution in [3.8, 4) is 0 Å². The summed E-state index contributed by atoms with van der Waals surface area (Å²) in [6.45, 7) is 3.06. The van der Waals surface area contributed by atoms with E-state index >= 15 is 0 Å². The molecule has 2 nitrogen and oxygen atoms in total. The summed E-state index contributed by atoms with van der Waals surface area (Å²) >= 11 is 6.24. The van der Waals surface area contributed by atoms with Gasteiger partial charge in [0.1, 0.15) is 0 Å². The average Bonchev–Trinajstić information content (AvgIpc) is 2.77. The topological polar surface area (TPSA) is 17.8 Å². The lowest BCUT2D eigenvalue weighted by Gasteiger charge is -2.11. The Labute approximate surface area is 90.3 Å². The van der Waals surface area contributed by atoms with E-state index in [0.717, 1.165) is 13.0 Å². The molecule has 0 amide bonds. The number of nitrogens with zero attached hydrogens (tertiary/aromatic N) is 2. The molecule has 0 aromatic carbocycles. The highest BCUT2D eigenvalue weighted by Gasteiger charge is 2.25. The van der Waals surface area contributed by atoms with Crippen molar-refractivity contribution in [2.75, 3.05) is 0 Å². The van der Waals surface area contributed by atoms with Gasteiger partial charge in [-0.05, 0) is 37.7 Å². The molecule has 3 heteroatoms. The molecule has 1 fully saturated rings. The Balaban J connectivity index is 1.96. The van der Waals surface area contributed by atoms with Crippen molar-refractivity contribution in [1.29, 1.82) is 0 Å². The largest absolute Gasteiger partial charge is 0.273 e. The summed E-state index contributed by atoms with van der Waals surface area (Å²) < 4.78 is 1.98. The van der Waals surface area contributed by atoms with Gasteiger partial charge in [0.15, 0.2) is 0 Å². The average molecular weight is 213 g/mol. The number of hydrogen-bond donors (Lipinski definition) is 0. The van der Waals surface area contributed by atoms with Crippen molar-refractivity contribution in [3.63, 3.8) is 0 Å². The molecule has 0 N–H and O–H groups in total. The number of halogens is 1. The summed E-state index contributed by atoms with van der Waals surface area (Å²) in [6, 6.07) is 0. The number of alkyl halides is 1. The lowest BCUT2D eigenvalue weighted by molar-refractivity contribution is 0.552. The van der Waals surface area contributed by atoms with Gasteiger partial charge in [0, 0.05) is 18.1 Å². The molecule has 1 aromatic heterocycles. The maximum Gasteiger partial charge on any atom is 0.0521 e. The Kier molecular flexibility index (Phi) is 3.12. The van der Waals surface area contributed by atoms with Crippen LogP contribution in [0.25, 0.3) is 0 Å². The van der Waals surface area contributed by atoms with Crippen molar-refractivity contribution in [2.24, 2.45) is 5.92 Å². The van der Waals surface area contributed by atoms with Gasteiger partial charge in [-0.25, -0.2) is 0 Å². The standard InChI is InChI=1S/C11H17ClN2/c1-2-14-8-9(7-13-14)6-10-4-3-5-11(10)12/h7-8,10-11H,2-6H2,1H3. The minimum Gasteiger partial charge on any atom is -0.273 e.